The lowest BCUT2D eigenvalue weighted by Gasteiger charge is -2.07. The number of hydrogen-bond donors (Lipinski definition) is 1. The molecule has 0 saturated carbocycles. The van der Waals surface area contributed by atoms with Crippen LogP contribution in [-0.4, -0.2) is 31.1 Å². The minimum absolute atomic E-state index is 0.187. The van der Waals surface area contributed by atoms with Crippen LogP contribution in [0.25, 0.3) is 10.9 Å². The van der Waals surface area contributed by atoms with Crippen LogP contribution in [0.4, 0.5) is 13.2 Å². The molecule has 0 fully saturated rings. The van der Waals surface area contributed by atoms with Crippen molar-refractivity contribution < 1.29 is 23.1 Å². The lowest BCUT2D eigenvalue weighted by Crippen LogP contribution is -2.17. The minimum atomic E-state index is -4.90. The summed E-state index contributed by atoms with van der Waals surface area (Å²) in [5.74, 6) is -1.75. The number of carboxylic acid groups (broad SMARTS) is 1. The predicted octanol–water partition coefficient (Wildman–Crippen LogP) is 3.25. The molecule has 0 aliphatic heterocycles. The molecule has 10 heteroatoms. The average Bonchev–Trinajstić information content (AvgIpc) is 2.90. The van der Waals surface area contributed by atoms with E-state index in [1.807, 2.05) is 0 Å². The van der Waals surface area contributed by atoms with E-state index in [1.54, 1.807) is 24.3 Å². The topological polar surface area (TPSA) is 80.9 Å². The summed E-state index contributed by atoms with van der Waals surface area (Å²) in [5.41, 5.74) is -1.35. The molecule has 2 heterocycles. The first-order chi connectivity index (χ1) is 11.3. The highest BCUT2D eigenvalue weighted by Gasteiger charge is 2.41. The fourth-order valence-electron chi connectivity index (χ4n) is 2.25. The monoisotopic (exact) mass is 356 g/mol. The fraction of sp³-hybridized carbons (Fsp3) is 0.143. The molecule has 0 aliphatic carbocycles. The van der Waals surface area contributed by atoms with E-state index in [2.05, 4.69) is 15.3 Å². The summed E-state index contributed by atoms with van der Waals surface area (Å²) in [6.45, 7) is -0.187. The Bertz CT molecular complexity index is 939. The van der Waals surface area contributed by atoms with Crippen LogP contribution < -0.4 is 0 Å². The summed E-state index contributed by atoms with van der Waals surface area (Å²) in [4.78, 5) is 15.3. The number of pyridine rings is 1. The second kappa shape index (κ2) is 5.75. The molecule has 0 amide bonds. The van der Waals surface area contributed by atoms with Crippen LogP contribution in [0, 0.1) is 0 Å². The second-order valence-electron chi connectivity index (χ2n) is 4.93. The Morgan fingerprint density at radius 2 is 2.04 bits per heavy atom. The zero-order valence-corrected chi connectivity index (χ0v) is 12.5. The maximum absolute atomic E-state index is 12.8. The van der Waals surface area contributed by atoms with Gasteiger partial charge in [-0.3, -0.25) is 4.98 Å². The number of halogens is 4. The summed E-state index contributed by atoms with van der Waals surface area (Å²) in [7, 11) is 0. The Balaban J connectivity index is 2.02. The van der Waals surface area contributed by atoms with Gasteiger partial charge < -0.3 is 5.11 Å². The molecule has 124 valence electrons. The molecule has 6 nitrogen and oxygen atoms in total. The van der Waals surface area contributed by atoms with Crippen LogP contribution in [0.3, 0.4) is 0 Å². The van der Waals surface area contributed by atoms with Gasteiger partial charge in [0.15, 0.2) is 5.69 Å². The van der Waals surface area contributed by atoms with E-state index < -0.39 is 23.5 Å². The van der Waals surface area contributed by atoms with Crippen molar-refractivity contribution in [3.05, 3.63) is 52.4 Å². The lowest BCUT2D eigenvalue weighted by molar-refractivity contribution is -0.141. The number of aromatic carboxylic acids is 1. The largest absolute Gasteiger partial charge is 0.476 e. The molecule has 0 bridgehead atoms. The first kappa shape index (κ1) is 16.2. The number of hydrogen-bond acceptors (Lipinski definition) is 4. The number of nitrogens with zero attached hydrogens (tertiary/aromatic N) is 4. The number of alkyl halides is 3. The third-order valence-electron chi connectivity index (χ3n) is 3.25. The average molecular weight is 357 g/mol. The molecule has 2 aromatic heterocycles. The standard InChI is InChI=1S/C14H8ClF3N4O2/c15-9-4-8-3-7(1-2-10(8)19-5-9)6-22-11(13(23)24)12(20-21-22)14(16,17)18/h1-5H,6H2,(H,23,24). The third kappa shape index (κ3) is 3.02. The summed E-state index contributed by atoms with van der Waals surface area (Å²) in [6.07, 6.45) is -3.42. The van der Waals surface area contributed by atoms with Crippen molar-refractivity contribution in [1.82, 2.24) is 20.0 Å². The van der Waals surface area contributed by atoms with E-state index in [-0.39, 0.29) is 6.54 Å². The molecular formula is C14H8ClF3N4O2. The Morgan fingerprint density at radius 3 is 2.71 bits per heavy atom. The van der Waals surface area contributed by atoms with Gasteiger partial charge >= 0.3 is 12.1 Å². The number of aromatic nitrogens is 4. The van der Waals surface area contributed by atoms with E-state index in [1.165, 1.54) is 6.20 Å². The van der Waals surface area contributed by atoms with Crippen molar-refractivity contribution in [2.24, 2.45) is 0 Å². The van der Waals surface area contributed by atoms with E-state index in [4.69, 9.17) is 16.7 Å². The third-order valence-corrected chi connectivity index (χ3v) is 3.46. The Kier molecular flexibility index (Phi) is 3.88. The number of rotatable bonds is 3. The summed E-state index contributed by atoms with van der Waals surface area (Å²) < 4.78 is 39.1. The SMILES string of the molecule is O=C(O)c1c(C(F)(F)F)nnn1Cc1ccc2ncc(Cl)cc2c1. The molecular weight excluding hydrogens is 349 g/mol. The van der Waals surface area contributed by atoms with Crippen molar-refractivity contribution in [3.63, 3.8) is 0 Å². The summed E-state index contributed by atoms with van der Waals surface area (Å²) >= 11 is 5.86. The van der Waals surface area contributed by atoms with E-state index in [9.17, 15) is 18.0 Å². The van der Waals surface area contributed by atoms with Gasteiger partial charge in [0.05, 0.1) is 17.1 Å². The molecule has 0 spiro atoms. The van der Waals surface area contributed by atoms with Gasteiger partial charge in [-0.25, -0.2) is 9.48 Å². The fourth-order valence-corrected chi connectivity index (χ4v) is 2.42. The van der Waals surface area contributed by atoms with Crippen LogP contribution in [0.1, 0.15) is 21.7 Å². The van der Waals surface area contributed by atoms with E-state index in [0.29, 0.717) is 26.2 Å². The normalized spacial score (nSPS) is 11.8. The number of benzene rings is 1. The van der Waals surface area contributed by atoms with Crippen molar-refractivity contribution >= 4 is 28.5 Å². The molecule has 0 radical (unpaired) electrons. The smallest absolute Gasteiger partial charge is 0.437 e. The summed E-state index contributed by atoms with van der Waals surface area (Å²) in [6, 6.07) is 6.57. The lowest BCUT2D eigenvalue weighted by atomic mass is 10.1. The molecule has 0 atom stereocenters. The van der Waals surface area contributed by atoms with Gasteiger partial charge in [0.1, 0.15) is 0 Å². The van der Waals surface area contributed by atoms with Gasteiger partial charge in [-0.1, -0.05) is 22.9 Å². The van der Waals surface area contributed by atoms with Gasteiger partial charge in [-0.15, -0.1) is 5.10 Å². The van der Waals surface area contributed by atoms with E-state index in [0.717, 1.165) is 0 Å². The number of fused-ring (bicyclic) bond motifs is 1. The minimum Gasteiger partial charge on any atom is -0.476 e. The van der Waals surface area contributed by atoms with Crippen LogP contribution in [0.15, 0.2) is 30.5 Å². The first-order valence-corrected chi connectivity index (χ1v) is 6.91. The molecule has 3 aromatic rings. The van der Waals surface area contributed by atoms with Crippen LogP contribution >= 0.6 is 11.6 Å². The Hall–Kier alpha value is -2.68. The number of carboxylic acids is 1. The highest BCUT2D eigenvalue weighted by Crippen LogP contribution is 2.30. The molecule has 0 unspecified atom stereocenters. The Labute approximate surface area is 137 Å². The van der Waals surface area contributed by atoms with Crippen molar-refractivity contribution in [3.8, 4) is 0 Å². The van der Waals surface area contributed by atoms with Gasteiger partial charge in [-0.2, -0.15) is 13.2 Å². The van der Waals surface area contributed by atoms with Gasteiger partial charge in [0.25, 0.3) is 0 Å². The van der Waals surface area contributed by atoms with Gasteiger partial charge in [0.2, 0.25) is 5.69 Å². The molecule has 0 aliphatic rings. The highest BCUT2D eigenvalue weighted by molar-refractivity contribution is 6.31. The first-order valence-electron chi connectivity index (χ1n) is 6.54. The predicted molar refractivity (Wildman–Crippen MR) is 77.8 cm³/mol. The van der Waals surface area contributed by atoms with Crippen molar-refractivity contribution in [1.29, 1.82) is 0 Å². The van der Waals surface area contributed by atoms with Crippen LogP contribution in [-0.2, 0) is 12.7 Å². The van der Waals surface area contributed by atoms with Gasteiger partial charge in [-0.05, 0) is 23.8 Å². The van der Waals surface area contributed by atoms with Gasteiger partial charge in [0, 0.05) is 11.6 Å². The molecule has 1 aromatic carbocycles. The van der Waals surface area contributed by atoms with Crippen LogP contribution in [0.5, 0.6) is 0 Å². The zero-order valence-electron chi connectivity index (χ0n) is 11.8. The Morgan fingerprint density at radius 1 is 1.29 bits per heavy atom. The molecule has 3 rings (SSSR count). The maximum Gasteiger partial charge on any atom is 0.437 e. The summed E-state index contributed by atoms with van der Waals surface area (Å²) in [5, 5.41) is 16.4. The van der Waals surface area contributed by atoms with Crippen molar-refractivity contribution in [2.75, 3.05) is 0 Å². The second-order valence-corrected chi connectivity index (χ2v) is 5.36. The quantitative estimate of drug-likeness (QED) is 0.779. The maximum atomic E-state index is 12.8. The zero-order chi connectivity index (χ0) is 17.5. The molecule has 24 heavy (non-hydrogen) atoms. The van der Waals surface area contributed by atoms with E-state index >= 15 is 0 Å². The molecule has 1 N–H and O–H groups in total. The van der Waals surface area contributed by atoms with Crippen molar-refractivity contribution in [2.45, 2.75) is 12.7 Å². The highest BCUT2D eigenvalue weighted by atomic mass is 35.5. The molecule has 0 saturated heterocycles. The number of carbonyl (C=O) groups is 1. The van der Waals surface area contributed by atoms with Crippen LogP contribution in [0.2, 0.25) is 5.02 Å².